The second kappa shape index (κ2) is 11.8. The minimum atomic E-state index is -1.05. The zero-order chi connectivity index (χ0) is 24.4. The highest BCUT2D eigenvalue weighted by Crippen LogP contribution is 2.26. The second-order valence-electron chi connectivity index (χ2n) is 6.65. The fraction of sp³-hybridized carbons (Fsp3) is 0.174. The number of hydrogen-bond donors (Lipinski definition) is 4. The Labute approximate surface area is 188 Å². The van der Waals surface area contributed by atoms with E-state index in [1.807, 2.05) is 0 Å². The van der Waals surface area contributed by atoms with E-state index in [9.17, 15) is 34.8 Å². The molecule has 0 atom stereocenters. The van der Waals surface area contributed by atoms with Gasteiger partial charge in [0.15, 0.2) is 29.1 Å². The summed E-state index contributed by atoms with van der Waals surface area (Å²) >= 11 is 0. The minimum Gasteiger partial charge on any atom is -0.504 e. The predicted molar refractivity (Wildman–Crippen MR) is 115 cm³/mol. The first-order valence-corrected chi connectivity index (χ1v) is 9.55. The molecule has 0 spiro atoms. The molecule has 2 aromatic carbocycles. The third kappa shape index (κ3) is 8.66. The van der Waals surface area contributed by atoms with Crippen molar-refractivity contribution in [2.45, 2.75) is 13.0 Å². The zero-order valence-electron chi connectivity index (χ0n) is 17.5. The largest absolute Gasteiger partial charge is 0.504 e. The van der Waals surface area contributed by atoms with Crippen LogP contribution < -0.4 is 0 Å². The SMILES string of the molecule is CC(=O)OC(COC(=O)/C=C/c1ccc(O)c(O)c1)COC(=O)/C=C/c1ccc(O)c(O)c1. The van der Waals surface area contributed by atoms with Crippen LogP contribution in [0.4, 0.5) is 0 Å². The van der Waals surface area contributed by atoms with Gasteiger partial charge >= 0.3 is 17.9 Å². The van der Waals surface area contributed by atoms with E-state index in [0.717, 1.165) is 19.1 Å². The number of hydrogen-bond acceptors (Lipinski definition) is 10. The summed E-state index contributed by atoms with van der Waals surface area (Å²) < 4.78 is 15.0. The summed E-state index contributed by atoms with van der Waals surface area (Å²) in [6, 6.07) is 7.93. The van der Waals surface area contributed by atoms with Gasteiger partial charge in [0, 0.05) is 19.1 Å². The highest BCUT2D eigenvalue weighted by Gasteiger charge is 2.16. The summed E-state index contributed by atoms with van der Waals surface area (Å²) in [6.07, 6.45) is 3.77. The molecule has 0 aliphatic rings. The molecule has 0 saturated heterocycles. The molecule has 0 unspecified atom stereocenters. The van der Waals surface area contributed by atoms with Crippen molar-refractivity contribution in [1.29, 1.82) is 0 Å². The third-order valence-electron chi connectivity index (χ3n) is 3.98. The topological polar surface area (TPSA) is 160 Å². The van der Waals surface area contributed by atoms with Crippen molar-refractivity contribution in [3.63, 3.8) is 0 Å². The molecule has 0 aliphatic carbocycles. The number of carbonyl (C=O) groups is 3. The molecule has 2 rings (SSSR count). The average Bonchev–Trinajstić information content (AvgIpc) is 2.76. The number of phenolic OH excluding ortho intramolecular Hbond substituents is 4. The van der Waals surface area contributed by atoms with Crippen LogP contribution in [0, 0.1) is 0 Å². The van der Waals surface area contributed by atoms with E-state index in [1.165, 1.54) is 48.6 Å². The molecule has 0 aliphatic heterocycles. The molecular formula is C23H22O10. The van der Waals surface area contributed by atoms with Gasteiger partial charge in [0.25, 0.3) is 0 Å². The van der Waals surface area contributed by atoms with Crippen LogP contribution in [0.3, 0.4) is 0 Å². The zero-order valence-corrected chi connectivity index (χ0v) is 17.5. The van der Waals surface area contributed by atoms with Crippen LogP contribution >= 0.6 is 0 Å². The molecule has 33 heavy (non-hydrogen) atoms. The van der Waals surface area contributed by atoms with Gasteiger partial charge in [-0.25, -0.2) is 9.59 Å². The molecule has 10 heteroatoms. The molecule has 0 radical (unpaired) electrons. The summed E-state index contributed by atoms with van der Waals surface area (Å²) in [6.45, 7) is 0.379. The lowest BCUT2D eigenvalue weighted by molar-refractivity contribution is -0.162. The number of benzene rings is 2. The van der Waals surface area contributed by atoms with E-state index in [0.29, 0.717) is 11.1 Å². The Hall–Kier alpha value is -4.47. The van der Waals surface area contributed by atoms with Crippen LogP contribution in [-0.4, -0.2) is 57.7 Å². The average molecular weight is 458 g/mol. The van der Waals surface area contributed by atoms with Crippen LogP contribution in [0.2, 0.25) is 0 Å². The highest BCUT2D eigenvalue weighted by molar-refractivity contribution is 5.88. The third-order valence-corrected chi connectivity index (χ3v) is 3.98. The Balaban J connectivity index is 1.86. The van der Waals surface area contributed by atoms with Crippen molar-refractivity contribution in [3.8, 4) is 23.0 Å². The molecule has 0 aromatic heterocycles. The van der Waals surface area contributed by atoms with Crippen LogP contribution in [0.15, 0.2) is 48.6 Å². The maximum absolute atomic E-state index is 11.9. The highest BCUT2D eigenvalue weighted by atomic mass is 16.6. The van der Waals surface area contributed by atoms with Gasteiger partial charge in [0.05, 0.1) is 0 Å². The van der Waals surface area contributed by atoms with Gasteiger partial charge in [-0.15, -0.1) is 0 Å². The molecule has 174 valence electrons. The number of esters is 3. The molecular weight excluding hydrogens is 436 g/mol. The lowest BCUT2D eigenvalue weighted by atomic mass is 10.2. The number of carbonyl (C=O) groups excluding carboxylic acids is 3. The summed E-state index contributed by atoms with van der Waals surface area (Å²) in [5, 5.41) is 37.4. The molecule has 4 N–H and O–H groups in total. The molecule has 0 fully saturated rings. The Morgan fingerprint density at radius 3 is 1.55 bits per heavy atom. The minimum absolute atomic E-state index is 0.301. The van der Waals surface area contributed by atoms with Gasteiger partial charge in [-0.2, -0.15) is 0 Å². The first-order chi connectivity index (χ1) is 15.6. The van der Waals surface area contributed by atoms with E-state index in [4.69, 9.17) is 14.2 Å². The summed E-state index contributed by atoms with van der Waals surface area (Å²) in [5.74, 6) is -3.53. The number of rotatable bonds is 9. The first-order valence-electron chi connectivity index (χ1n) is 9.55. The lowest BCUT2D eigenvalue weighted by Gasteiger charge is -2.16. The van der Waals surface area contributed by atoms with E-state index in [-0.39, 0.29) is 36.2 Å². The molecule has 0 amide bonds. The predicted octanol–water partition coefficient (Wildman–Crippen LogP) is 2.25. The smallest absolute Gasteiger partial charge is 0.330 e. The Kier molecular flexibility index (Phi) is 8.86. The van der Waals surface area contributed by atoms with Gasteiger partial charge in [-0.3, -0.25) is 4.79 Å². The quantitative estimate of drug-likeness (QED) is 0.190. The summed E-state index contributed by atoms with van der Waals surface area (Å²) in [4.78, 5) is 35.0. The van der Waals surface area contributed by atoms with Crippen LogP contribution in [0.1, 0.15) is 18.1 Å². The maximum Gasteiger partial charge on any atom is 0.330 e. The Bertz CT molecular complexity index is 993. The fourth-order valence-electron chi connectivity index (χ4n) is 2.41. The second-order valence-corrected chi connectivity index (χ2v) is 6.65. The first kappa shape index (κ1) is 24.8. The summed E-state index contributed by atoms with van der Waals surface area (Å²) in [7, 11) is 0. The van der Waals surface area contributed by atoms with Crippen molar-refractivity contribution >= 4 is 30.1 Å². The van der Waals surface area contributed by atoms with Gasteiger partial charge in [-0.05, 0) is 47.5 Å². The van der Waals surface area contributed by atoms with Gasteiger partial charge in [0.2, 0.25) is 0 Å². The Morgan fingerprint density at radius 1 is 0.758 bits per heavy atom. The Morgan fingerprint density at radius 2 is 1.18 bits per heavy atom. The van der Waals surface area contributed by atoms with Gasteiger partial charge in [0.1, 0.15) is 13.2 Å². The van der Waals surface area contributed by atoms with E-state index < -0.39 is 24.0 Å². The van der Waals surface area contributed by atoms with Crippen LogP contribution in [0.5, 0.6) is 23.0 Å². The van der Waals surface area contributed by atoms with E-state index >= 15 is 0 Å². The van der Waals surface area contributed by atoms with Crippen molar-refractivity contribution in [2.75, 3.05) is 13.2 Å². The van der Waals surface area contributed by atoms with Crippen molar-refractivity contribution < 1.29 is 49.0 Å². The monoisotopic (exact) mass is 458 g/mol. The van der Waals surface area contributed by atoms with E-state index in [2.05, 4.69) is 0 Å². The number of phenols is 4. The molecule has 10 nitrogen and oxygen atoms in total. The van der Waals surface area contributed by atoms with E-state index in [1.54, 1.807) is 0 Å². The number of ether oxygens (including phenoxy) is 3. The molecule has 2 aromatic rings. The van der Waals surface area contributed by atoms with Crippen molar-refractivity contribution in [3.05, 3.63) is 59.7 Å². The molecule has 0 heterocycles. The lowest BCUT2D eigenvalue weighted by Crippen LogP contribution is -2.29. The summed E-state index contributed by atoms with van der Waals surface area (Å²) in [5.41, 5.74) is 0.864. The normalized spacial score (nSPS) is 11.1. The van der Waals surface area contributed by atoms with Crippen LogP contribution in [0.25, 0.3) is 12.2 Å². The van der Waals surface area contributed by atoms with Crippen molar-refractivity contribution in [1.82, 2.24) is 0 Å². The number of aromatic hydroxyl groups is 4. The molecule has 0 saturated carbocycles. The van der Waals surface area contributed by atoms with Gasteiger partial charge < -0.3 is 34.6 Å². The standard InChI is InChI=1S/C23H22O10/c1-14(24)33-17(12-31-22(29)8-4-15-2-6-18(25)20(27)10-15)13-32-23(30)9-5-16-3-7-19(26)21(28)11-16/h2-11,17,25-28H,12-13H2,1H3/b8-4+,9-5+. The van der Waals surface area contributed by atoms with Crippen molar-refractivity contribution in [2.24, 2.45) is 0 Å². The maximum atomic E-state index is 11.9. The van der Waals surface area contributed by atoms with Crippen LogP contribution in [-0.2, 0) is 28.6 Å². The molecule has 0 bridgehead atoms. The fourth-order valence-corrected chi connectivity index (χ4v) is 2.41. The van der Waals surface area contributed by atoms with Gasteiger partial charge in [-0.1, -0.05) is 12.1 Å².